The highest BCUT2D eigenvalue weighted by Gasteiger charge is 2.26. The Morgan fingerprint density at radius 1 is 1.30 bits per heavy atom. The Balaban J connectivity index is 2.41. The molecular formula is C16H12Cl2FN3O5. The van der Waals surface area contributed by atoms with Gasteiger partial charge in [0.25, 0.3) is 0 Å². The van der Waals surface area contributed by atoms with Crippen molar-refractivity contribution >= 4 is 40.7 Å². The zero-order valence-corrected chi connectivity index (χ0v) is 15.5. The van der Waals surface area contributed by atoms with Crippen molar-refractivity contribution < 1.29 is 28.2 Å². The summed E-state index contributed by atoms with van der Waals surface area (Å²) in [5.74, 6) is -4.13. The quantitative estimate of drug-likeness (QED) is 0.225. The maximum absolute atomic E-state index is 14.5. The van der Waals surface area contributed by atoms with Crippen molar-refractivity contribution in [2.45, 2.75) is 13.3 Å². The van der Waals surface area contributed by atoms with Gasteiger partial charge in [-0.25, -0.2) is 9.07 Å². The normalized spacial score (nSPS) is 11.2. The first kappa shape index (κ1) is 20.5. The summed E-state index contributed by atoms with van der Waals surface area (Å²) in [5, 5.41) is 6.91. The Kier molecular flexibility index (Phi) is 6.65. The zero-order chi connectivity index (χ0) is 20.1. The summed E-state index contributed by atoms with van der Waals surface area (Å²) in [6, 6.07) is 2.54. The third-order valence-electron chi connectivity index (χ3n) is 3.14. The molecule has 2 aromatic rings. The number of rotatable bonds is 7. The first-order chi connectivity index (χ1) is 12.7. The topological polar surface area (TPSA) is 100 Å². The molecule has 2 rings (SSSR count). The van der Waals surface area contributed by atoms with Crippen molar-refractivity contribution in [1.82, 2.24) is 15.0 Å². The number of nitrogens with zero attached hydrogens (tertiary/aromatic N) is 3. The fourth-order valence-corrected chi connectivity index (χ4v) is 2.37. The predicted molar refractivity (Wildman–Crippen MR) is 92.1 cm³/mol. The number of esters is 1. The molecule has 0 spiro atoms. The second-order valence-corrected chi connectivity index (χ2v) is 5.87. The van der Waals surface area contributed by atoms with Gasteiger partial charge in [0.2, 0.25) is 11.5 Å². The van der Waals surface area contributed by atoms with E-state index in [0.29, 0.717) is 0 Å². The number of halogens is 3. The molecule has 0 radical (unpaired) electrons. The highest BCUT2D eigenvalue weighted by Crippen LogP contribution is 2.26. The first-order valence-corrected chi connectivity index (χ1v) is 8.04. The van der Waals surface area contributed by atoms with E-state index in [1.165, 1.54) is 25.4 Å². The van der Waals surface area contributed by atoms with Crippen LogP contribution in [0.25, 0.3) is 5.69 Å². The van der Waals surface area contributed by atoms with E-state index in [9.17, 15) is 18.8 Å². The molecule has 0 atom stereocenters. The lowest BCUT2D eigenvalue weighted by Gasteiger charge is -2.11. The van der Waals surface area contributed by atoms with Gasteiger partial charge in [-0.3, -0.25) is 14.4 Å². The average Bonchev–Trinajstić information content (AvgIpc) is 3.02. The van der Waals surface area contributed by atoms with Crippen LogP contribution in [0, 0.1) is 5.82 Å². The van der Waals surface area contributed by atoms with E-state index < -0.39 is 41.1 Å². The molecule has 0 bridgehead atoms. The highest BCUT2D eigenvalue weighted by atomic mass is 35.5. The zero-order valence-electron chi connectivity index (χ0n) is 14.0. The fourth-order valence-electron chi connectivity index (χ4n) is 2.09. The Labute approximate surface area is 162 Å². The van der Waals surface area contributed by atoms with E-state index in [0.717, 1.165) is 17.9 Å². The van der Waals surface area contributed by atoms with Gasteiger partial charge < -0.3 is 9.47 Å². The molecule has 0 aliphatic rings. The van der Waals surface area contributed by atoms with Crippen LogP contribution in [0.15, 0.2) is 30.4 Å². The lowest BCUT2D eigenvalue weighted by Crippen LogP contribution is -2.17. The minimum absolute atomic E-state index is 0.0139. The van der Waals surface area contributed by atoms with Crippen molar-refractivity contribution in [3.63, 3.8) is 0 Å². The van der Waals surface area contributed by atoms with Crippen LogP contribution < -0.4 is 0 Å². The van der Waals surface area contributed by atoms with E-state index in [1.807, 2.05) is 0 Å². The number of allylic oxidation sites excluding steroid dienone is 1. The second-order valence-electron chi connectivity index (χ2n) is 5.08. The van der Waals surface area contributed by atoms with Crippen LogP contribution in [-0.4, -0.2) is 39.6 Å². The molecule has 0 aliphatic carbocycles. The van der Waals surface area contributed by atoms with Crippen molar-refractivity contribution in [2.24, 2.45) is 0 Å². The molecule has 27 heavy (non-hydrogen) atoms. The number of ketones is 2. The molecule has 142 valence electrons. The molecule has 0 N–H and O–H groups in total. The second kappa shape index (κ2) is 8.74. The summed E-state index contributed by atoms with van der Waals surface area (Å²) < 4.78 is 24.9. The molecular weight excluding hydrogens is 404 g/mol. The molecule has 0 aliphatic heterocycles. The van der Waals surface area contributed by atoms with Gasteiger partial charge in [0.15, 0.2) is 16.8 Å². The lowest BCUT2D eigenvalue weighted by atomic mass is 10.0. The van der Waals surface area contributed by atoms with Gasteiger partial charge >= 0.3 is 5.97 Å². The summed E-state index contributed by atoms with van der Waals surface area (Å²) in [5.41, 5.74) is -0.504. The number of Topliss-reactive ketones (excluding diaryl/α,β-unsaturated/α-hetero) is 2. The monoisotopic (exact) mass is 415 g/mol. The van der Waals surface area contributed by atoms with Crippen LogP contribution in [0.1, 0.15) is 23.7 Å². The van der Waals surface area contributed by atoms with Gasteiger partial charge in [-0.15, -0.1) is 5.10 Å². The van der Waals surface area contributed by atoms with Crippen molar-refractivity contribution in [3.05, 3.63) is 51.9 Å². The van der Waals surface area contributed by atoms with E-state index in [1.54, 1.807) is 0 Å². The van der Waals surface area contributed by atoms with Crippen LogP contribution in [0.5, 0.6) is 0 Å². The van der Waals surface area contributed by atoms with Gasteiger partial charge in [-0.05, 0) is 12.1 Å². The largest absolute Gasteiger partial charge is 0.500 e. The Bertz CT molecular complexity index is 942. The number of aromatic nitrogens is 3. The molecule has 0 unspecified atom stereocenters. The Morgan fingerprint density at radius 2 is 2.00 bits per heavy atom. The van der Waals surface area contributed by atoms with Crippen LogP contribution >= 0.6 is 23.2 Å². The summed E-state index contributed by atoms with van der Waals surface area (Å²) in [6.07, 6.45) is 1.30. The van der Waals surface area contributed by atoms with Gasteiger partial charge in [0.05, 0.1) is 36.0 Å². The maximum Gasteiger partial charge on any atom is 0.308 e. The van der Waals surface area contributed by atoms with Crippen LogP contribution in [0.3, 0.4) is 0 Å². The summed E-state index contributed by atoms with van der Waals surface area (Å²) in [4.78, 5) is 35.9. The molecule has 0 saturated heterocycles. The number of hydrogen-bond donors (Lipinski definition) is 0. The molecule has 1 aromatic carbocycles. The van der Waals surface area contributed by atoms with Crippen molar-refractivity contribution in [2.75, 3.05) is 7.11 Å². The van der Waals surface area contributed by atoms with Gasteiger partial charge in [0, 0.05) is 6.92 Å². The third-order valence-corrected chi connectivity index (χ3v) is 3.60. The Hall–Kier alpha value is -2.78. The number of ether oxygens (including phenoxy) is 2. The summed E-state index contributed by atoms with van der Waals surface area (Å²) in [7, 11) is 1.22. The van der Waals surface area contributed by atoms with Gasteiger partial charge in [-0.2, -0.15) is 0 Å². The van der Waals surface area contributed by atoms with E-state index in [2.05, 4.69) is 15.0 Å². The van der Waals surface area contributed by atoms with Crippen LogP contribution in [-0.2, 0) is 19.1 Å². The molecule has 8 nitrogen and oxygen atoms in total. The number of hydrogen-bond acceptors (Lipinski definition) is 7. The Morgan fingerprint density at radius 3 is 2.56 bits per heavy atom. The number of benzene rings is 1. The van der Waals surface area contributed by atoms with Gasteiger partial charge in [0.1, 0.15) is 6.26 Å². The molecule has 1 heterocycles. The van der Waals surface area contributed by atoms with Crippen molar-refractivity contribution in [1.29, 1.82) is 0 Å². The smallest absolute Gasteiger partial charge is 0.308 e. The number of carbonyl (C=O) groups excluding carboxylic acids is 3. The molecule has 0 amide bonds. The minimum atomic E-state index is -1.04. The van der Waals surface area contributed by atoms with E-state index in [-0.39, 0.29) is 15.9 Å². The highest BCUT2D eigenvalue weighted by molar-refractivity contribution is 6.31. The molecule has 1 aromatic heterocycles. The number of carbonyl (C=O) groups is 3. The first-order valence-electron chi connectivity index (χ1n) is 7.28. The lowest BCUT2D eigenvalue weighted by molar-refractivity contribution is -0.140. The predicted octanol–water partition coefficient (Wildman–Crippen LogP) is 2.91. The molecule has 0 saturated carbocycles. The van der Waals surface area contributed by atoms with Gasteiger partial charge in [-0.1, -0.05) is 28.4 Å². The summed E-state index contributed by atoms with van der Waals surface area (Å²) >= 11 is 11.5. The maximum atomic E-state index is 14.5. The average molecular weight is 416 g/mol. The SMILES string of the molecule is CO/C=C(\OC(C)=O)C(=O)CC(=O)c1c(-n2cc(Cl)nn2)ccc(Cl)c1F. The van der Waals surface area contributed by atoms with Crippen molar-refractivity contribution in [3.8, 4) is 5.69 Å². The van der Waals surface area contributed by atoms with Crippen LogP contribution in [0.4, 0.5) is 4.39 Å². The third kappa shape index (κ3) is 4.89. The molecule has 11 heteroatoms. The van der Waals surface area contributed by atoms with E-state index in [4.69, 9.17) is 27.9 Å². The minimum Gasteiger partial charge on any atom is -0.500 e. The summed E-state index contributed by atoms with van der Waals surface area (Å²) in [6.45, 7) is 1.07. The number of methoxy groups -OCH3 is 1. The van der Waals surface area contributed by atoms with Crippen LogP contribution in [0.2, 0.25) is 10.2 Å². The van der Waals surface area contributed by atoms with E-state index >= 15 is 0 Å². The standard InChI is InChI=1S/C16H12Cl2FN3O5/c1-8(23)27-13(7-26-2)11(24)5-12(25)15-10(4-3-9(17)16(15)19)22-6-14(18)20-21-22/h3-4,6-7H,5H2,1-2H3/b13-7-. The molecule has 0 fully saturated rings. The fraction of sp³-hybridized carbons (Fsp3) is 0.188.